The first-order chi connectivity index (χ1) is 14.0. The van der Waals surface area contributed by atoms with Crippen LogP contribution in [0.3, 0.4) is 0 Å². The molecule has 1 unspecified atom stereocenters. The summed E-state index contributed by atoms with van der Waals surface area (Å²) >= 11 is 0. The van der Waals surface area contributed by atoms with Crippen molar-refractivity contribution in [3.63, 3.8) is 0 Å². The molecule has 2 atom stereocenters. The van der Waals surface area contributed by atoms with Crippen molar-refractivity contribution in [2.75, 3.05) is 25.1 Å². The van der Waals surface area contributed by atoms with E-state index < -0.39 is 0 Å². The number of aryl methyl sites for hydroxylation is 2. The standard InChI is InChI=1S/C21H31N5O3/c1-5-15(21(28)29-4)11-14-9-10-26(12-14)18-8-7-17(22-16(18)6-2)20-19(13-27)25(3)24-23-20/h7-8,14-15,27H,5-6,9-13H2,1-4H3/t14-,15?/m0/s1. The summed E-state index contributed by atoms with van der Waals surface area (Å²) in [7, 11) is 3.23. The molecule has 3 rings (SSSR count). The van der Waals surface area contributed by atoms with E-state index in [0.29, 0.717) is 17.3 Å². The van der Waals surface area contributed by atoms with Crippen LogP contribution in [0.15, 0.2) is 12.1 Å². The third-order valence-corrected chi connectivity index (χ3v) is 5.89. The maximum atomic E-state index is 11.9. The summed E-state index contributed by atoms with van der Waals surface area (Å²) in [5.74, 6) is 0.351. The molecular weight excluding hydrogens is 370 g/mol. The second kappa shape index (κ2) is 9.35. The van der Waals surface area contributed by atoms with Crippen LogP contribution in [0.25, 0.3) is 11.4 Å². The quantitative estimate of drug-likeness (QED) is 0.679. The largest absolute Gasteiger partial charge is 0.469 e. The number of rotatable bonds is 8. The van der Waals surface area contributed by atoms with Crippen LogP contribution in [0.1, 0.15) is 44.5 Å². The Morgan fingerprint density at radius 1 is 1.38 bits per heavy atom. The molecule has 0 spiro atoms. The first kappa shape index (κ1) is 21.2. The highest BCUT2D eigenvalue weighted by molar-refractivity contribution is 5.72. The Morgan fingerprint density at radius 2 is 2.17 bits per heavy atom. The van der Waals surface area contributed by atoms with Gasteiger partial charge < -0.3 is 14.7 Å². The van der Waals surface area contributed by atoms with E-state index in [4.69, 9.17) is 9.72 Å². The number of hydrogen-bond donors (Lipinski definition) is 1. The number of aliphatic hydroxyl groups excluding tert-OH is 1. The second-order valence-corrected chi connectivity index (χ2v) is 7.65. The summed E-state index contributed by atoms with van der Waals surface area (Å²) in [5.41, 5.74) is 4.16. The molecule has 0 bridgehead atoms. The van der Waals surface area contributed by atoms with Crippen LogP contribution >= 0.6 is 0 Å². The zero-order valence-corrected chi connectivity index (χ0v) is 17.8. The molecule has 3 heterocycles. The summed E-state index contributed by atoms with van der Waals surface area (Å²) in [4.78, 5) is 19.1. The topological polar surface area (TPSA) is 93.4 Å². The number of anilines is 1. The molecular formula is C21H31N5O3. The fourth-order valence-electron chi connectivity index (χ4n) is 4.17. The Morgan fingerprint density at radius 3 is 2.83 bits per heavy atom. The minimum atomic E-state index is -0.129. The Hall–Kier alpha value is -2.48. The predicted molar refractivity (Wildman–Crippen MR) is 110 cm³/mol. The van der Waals surface area contributed by atoms with Crippen LogP contribution in [0, 0.1) is 11.8 Å². The van der Waals surface area contributed by atoms with Gasteiger partial charge in [0.25, 0.3) is 0 Å². The van der Waals surface area contributed by atoms with Gasteiger partial charge in [-0.2, -0.15) is 0 Å². The van der Waals surface area contributed by atoms with E-state index in [2.05, 4.69) is 28.2 Å². The molecule has 0 aromatic carbocycles. The molecule has 29 heavy (non-hydrogen) atoms. The van der Waals surface area contributed by atoms with Crippen molar-refractivity contribution in [2.24, 2.45) is 18.9 Å². The first-order valence-corrected chi connectivity index (χ1v) is 10.3. The second-order valence-electron chi connectivity index (χ2n) is 7.65. The van der Waals surface area contributed by atoms with E-state index in [1.807, 2.05) is 13.0 Å². The number of ether oxygens (including phenoxy) is 1. The molecule has 1 N–H and O–H groups in total. The highest BCUT2D eigenvalue weighted by Gasteiger charge is 2.29. The number of pyridine rings is 1. The van der Waals surface area contributed by atoms with Crippen LogP contribution in [0.4, 0.5) is 5.69 Å². The normalized spacial score (nSPS) is 17.6. The first-order valence-electron chi connectivity index (χ1n) is 10.3. The molecule has 0 aliphatic carbocycles. The van der Waals surface area contributed by atoms with Gasteiger partial charge >= 0.3 is 5.97 Å². The smallest absolute Gasteiger partial charge is 0.308 e. The van der Waals surface area contributed by atoms with Gasteiger partial charge in [0.05, 0.1) is 42.4 Å². The van der Waals surface area contributed by atoms with E-state index in [1.165, 1.54) is 7.11 Å². The Bertz CT molecular complexity index is 851. The monoisotopic (exact) mass is 401 g/mol. The van der Waals surface area contributed by atoms with Gasteiger partial charge in [0, 0.05) is 20.1 Å². The molecule has 1 aliphatic rings. The Balaban J connectivity index is 1.77. The number of nitrogens with zero attached hydrogens (tertiary/aromatic N) is 5. The average molecular weight is 402 g/mol. The van der Waals surface area contributed by atoms with Gasteiger partial charge in [-0.1, -0.05) is 19.1 Å². The van der Waals surface area contributed by atoms with Crippen LogP contribution in [-0.4, -0.2) is 51.3 Å². The number of hydrogen-bond acceptors (Lipinski definition) is 7. The SMILES string of the molecule is CCc1nc(-c2nnn(C)c2CO)ccc1N1CC[C@@H](CC(CC)C(=O)OC)C1. The van der Waals surface area contributed by atoms with Gasteiger partial charge in [-0.05, 0) is 43.7 Å². The molecule has 8 heteroatoms. The molecule has 158 valence electrons. The molecule has 1 saturated heterocycles. The minimum absolute atomic E-state index is 0.0235. The highest BCUT2D eigenvalue weighted by atomic mass is 16.5. The zero-order chi connectivity index (χ0) is 21.0. The van der Waals surface area contributed by atoms with Crippen LogP contribution < -0.4 is 4.90 Å². The molecule has 8 nitrogen and oxygen atoms in total. The molecule has 2 aromatic rings. The predicted octanol–water partition coefficient (Wildman–Crippen LogP) is 2.35. The third kappa shape index (κ3) is 4.42. The number of carbonyl (C=O) groups excluding carboxylic acids is 1. The Labute approximate surface area is 171 Å². The van der Waals surface area contributed by atoms with E-state index in [1.54, 1.807) is 11.7 Å². The highest BCUT2D eigenvalue weighted by Crippen LogP contribution is 2.32. The summed E-state index contributed by atoms with van der Waals surface area (Å²) in [6.07, 6.45) is 3.55. The zero-order valence-electron chi connectivity index (χ0n) is 17.8. The van der Waals surface area contributed by atoms with Gasteiger partial charge in [-0.25, -0.2) is 9.67 Å². The van der Waals surface area contributed by atoms with Crippen molar-refractivity contribution in [3.8, 4) is 11.4 Å². The van der Waals surface area contributed by atoms with E-state index in [-0.39, 0.29) is 18.5 Å². The van der Waals surface area contributed by atoms with Crippen molar-refractivity contribution in [1.82, 2.24) is 20.0 Å². The van der Waals surface area contributed by atoms with E-state index in [9.17, 15) is 9.90 Å². The van der Waals surface area contributed by atoms with Crippen LogP contribution in [-0.2, 0) is 29.6 Å². The minimum Gasteiger partial charge on any atom is -0.469 e. The maximum Gasteiger partial charge on any atom is 0.308 e. The molecule has 0 radical (unpaired) electrons. The van der Waals surface area contributed by atoms with Gasteiger partial charge in [0.15, 0.2) is 0 Å². The average Bonchev–Trinajstić information content (AvgIpc) is 3.37. The molecule has 0 amide bonds. The van der Waals surface area contributed by atoms with Gasteiger partial charge in [0.1, 0.15) is 5.69 Å². The van der Waals surface area contributed by atoms with Crippen LogP contribution in [0.2, 0.25) is 0 Å². The summed E-state index contributed by atoms with van der Waals surface area (Å²) in [6.45, 7) is 5.89. The van der Waals surface area contributed by atoms with Crippen molar-refractivity contribution >= 4 is 11.7 Å². The lowest BCUT2D eigenvalue weighted by atomic mass is 9.92. The van der Waals surface area contributed by atoms with E-state index >= 15 is 0 Å². The summed E-state index contributed by atoms with van der Waals surface area (Å²) in [6, 6.07) is 4.05. The van der Waals surface area contributed by atoms with Gasteiger partial charge in [-0.3, -0.25) is 4.79 Å². The van der Waals surface area contributed by atoms with Gasteiger partial charge in [-0.15, -0.1) is 5.10 Å². The van der Waals surface area contributed by atoms with Crippen molar-refractivity contribution < 1.29 is 14.6 Å². The lowest BCUT2D eigenvalue weighted by Crippen LogP contribution is -2.24. The van der Waals surface area contributed by atoms with Gasteiger partial charge in [0.2, 0.25) is 0 Å². The van der Waals surface area contributed by atoms with Crippen molar-refractivity contribution in [1.29, 1.82) is 0 Å². The Kier molecular flexibility index (Phi) is 6.84. The van der Waals surface area contributed by atoms with Crippen molar-refractivity contribution in [2.45, 2.75) is 46.1 Å². The van der Waals surface area contributed by atoms with E-state index in [0.717, 1.165) is 55.8 Å². The van der Waals surface area contributed by atoms with Crippen LogP contribution in [0.5, 0.6) is 0 Å². The molecule has 2 aromatic heterocycles. The number of methoxy groups -OCH3 is 1. The fraction of sp³-hybridized carbons (Fsp3) is 0.619. The molecule has 1 aliphatic heterocycles. The number of aromatic nitrogens is 4. The summed E-state index contributed by atoms with van der Waals surface area (Å²) in [5, 5.41) is 17.8. The fourth-order valence-corrected chi connectivity index (χ4v) is 4.17. The van der Waals surface area contributed by atoms with Crippen molar-refractivity contribution in [3.05, 3.63) is 23.5 Å². The lowest BCUT2D eigenvalue weighted by Gasteiger charge is -2.22. The maximum absolute atomic E-state index is 11.9. The molecule has 1 fully saturated rings. The number of carbonyl (C=O) groups is 1. The lowest BCUT2D eigenvalue weighted by molar-refractivity contribution is -0.146. The third-order valence-electron chi connectivity index (χ3n) is 5.89. The summed E-state index contributed by atoms with van der Waals surface area (Å²) < 4.78 is 6.52. The number of esters is 1. The molecule has 0 saturated carbocycles. The number of aliphatic hydroxyl groups is 1.